The van der Waals surface area contributed by atoms with Crippen LogP contribution >= 0.6 is 11.3 Å². The normalized spacial score (nSPS) is 12.1. The smallest absolute Gasteiger partial charge is 0.267 e. The van der Waals surface area contributed by atoms with Gasteiger partial charge in [0, 0.05) is 5.56 Å². The zero-order chi connectivity index (χ0) is 14.5. The van der Waals surface area contributed by atoms with Gasteiger partial charge in [-0.1, -0.05) is 11.3 Å². The zero-order valence-electron chi connectivity index (χ0n) is 10.3. The Hall–Kier alpha value is -1.97. The maximum Gasteiger partial charge on any atom is 0.267 e. The second-order valence-corrected chi connectivity index (χ2v) is 6.94. The number of hydrogen-bond acceptors (Lipinski definition) is 6. The third-order valence-electron chi connectivity index (χ3n) is 2.80. The van der Waals surface area contributed by atoms with Crippen molar-refractivity contribution in [2.24, 2.45) is 5.14 Å². The van der Waals surface area contributed by atoms with E-state index in [4.69, 9.17) is 5.14 Å². The van der Waals surface area contributed by atoms with Crippen LogP contribution in [-0.2, 0) is 10.0 Å². The quantitative estimate of drug-likeness (QED) is 0.737. The first kappa shape index (κ1) is 13.0. The molecule has 0 saturated heterocycles. The van der Waals surface area contributed by atoms with Crippen molar-refractivity contribution in [3.8, 4) is 17.0 Å². The maximum atomic E-state index is 11.3. The summed E-state index contributed by atoms with van der Waals surface area (Å²) in [5.74, 6) is 0.193. The van der Waals surface area contributed by atoms with Crippen molar-refractivity contribution in [1.29, 1.82) is 0 Å². The standard InChI is InChI=1S/C11H10N4O3S2/c1-6-4-7(2-3-9(6)16)8-5-13-10-15(8)14-11(19-10)20(12,17)18/h2-5,16H,1H3,(H2,12,17,18). The predicted octanol–water partition coefficient (Wildman–Crippen LogP) is 1.12. The number of imidazole rings is 1. The molecular formula is C11H10N4O3S2. The summed E-state index contributed by atoms with van der Waals surface area (Å²) in [5, 5.41) is 18.6. The summed E-state index contributed by atoms with van der Waals surface area (Å²) in [7, 11) is -3.84. The van der Waals surface area contributed by atoms with E-state index in [2.05, 4.69) is 10.1 Å². The number of aryl methyl sites for hydroxylation is 1. The van der Waals surface area contributed by atoms with Gasteiger partial charge in [-0.3, -0.25) is 0 Å². The predicted molar refractivity (Wildman–Crippen MR) is 74.1 cm³/mol. The van der Waals surface area contributed by atoms with E-state index in [0.29, 0.717) is 16.2 Å². The van der Waals surface area contributed by atoms with Gasteiger partial charge in [0.2, 0.25) is 9.30 Å². The summed E-state index contributed by atoms with van der Waals surface area (Å²) >= 11 is 0.905. The number of aromatic nitrogens is 3. The minimum absolute atomic E-state index is 0.183. The Balaban J connectivity index is 2.21. The van der Waals surface area contributed by atoms with Crippen LogP contribution in [0.25, 0.3) is 16.2 Å². The number of sulfonamides is 1. The minimum Gasteiger partial charge on any atom is -0.508 e. The summed E-state index contributed by atoms with van der Waals surface area (Å²) in [5.41, 5.74) is 2.12. The van der Waals surface area contributed by atoms with E-state index >= 15 is 0 Å². The third kappa shape index (κ3) is 2.05. The monoisotopic (exact) mass is 310 g/mol. The Morgan fingerprint density at radius 2 is 2.15 bits per heavy atom. The molecule has 7 nitrogen and oxygen atoms in total. The summed E-state index contributed by atoms with van der Waals surface area (Å²) in [4.78, 5) is 4.56. The fourth-order valence-corrected chi connectivity index (χ4v) is 3.30. The van der Waals surface area contributed by atoms with Crippen LogP contribution in [0.5, 0.6) is 5.75 Å². The number of primary sulfonamides is 1. The lowest BCUT2D eigenvalue weighted by Crippen LogP contribution is -2.12. The number of rotatable bonds is 2. The lowest BCUT2D eigenvalue weighted by molar-refractivity contribution is 0.471. The molecule has 0 fully saturated rings. The van der Waals surface area contributed by atoms with Gasteiger partial charge in [-0.05, 0) is 30.7 Å². The molecule has 3 N–H and O–H groups in total. The van der Waals surface area contributed by atoms with Crippen molar-refractivity contribution in [3.63, 3.8) is 0 Å². The van der Waals surface area contributed by atoms with E-state index in [9.17, 15) is 13.5 Å². The molecule has 0 bridgehead atoms. The molecule has 0 aliphatic carbocycles. The first-order valence-electron chi connectivity index (χ1n) is 5.53. The lowest BCUT2D eigenvalue weighted by atomic mass is 10.1. The van der Waals surface area contributed by atoms with Crippen molar-refractivity contribution in [3.05, 3.63) is 30.0 Å². The van der Waals surface area contributed by atoms with Gasteiger partial charge in [0.15, 0.2) is 0 Å². The highest BCUT2D eigenvalue weighted by Crippen LogP contribution is 2.28. The largest absolute Gasteiger partial charge is 0.508 e. The minimum atomic E-state index is -3.84. The number of phenols is 1. The van der Waals surface area contributed by atoms with Crippen molar-refractivity contribution < 1.29 is 13.5 Å². The number of hydrogen-bond donors (Lipinski definition) is 2. The molecule has 104 valence electrons. The molecule has 0 saturated carbocycles. The molecule has 3 aromatic rings. The molecule has 9 heteroatoms. The highest BCUT2D eigenvalue weighted by atomic mass is 32.2. The van der Waals surface area contributed by atoms with E-state index in [1.165, 1.54) is 4.52 Å². The Kier molecular flexibility index (Phi) is 2.78. The van der Waals surface area contributed by atoms with Gasteiger partial charge in [0.1, 0.15) is 5.75 Å². The highest BCUT2D eigenvalue weighted by molar-refractivity contribution is 7.91. The molecule has 0 radical (unpaired) electrons. The first-order chi connectivity index (χ1) is 9.36. The molecule has 1 aromatic carbocycles. The number of fused-ring (bicyclic) bond motifs is 1. The van der Waals surface area contributed by atoms with Gasteiger partial charge in [0.25, 0.3) is 10.0 Å². The number of benzene rings is 1. The second-order valence-electron chi connectivity index (χ2n) is 4.25. The molecular weight excluding hydrogens is 300 g/mol. The van der Waals surface area contributed by atoms with E-state index in [-0.39, 0.29) is 10.1 Å². The Morgan fingerprint density at radius 1 is 1.40 bits per heavy atom. The highest BCUT2D eigenvalue weighted by Gasteiger charge is 2.18. The molecule has 20 heavy (non-hydrogen) atoms. The Labute approximate surface area is 118 Å². The summed E-state index contributed by atoms with van der Waals surface area (Å²) in [6, 6.07) is 5.05. The molecule has 0 amide bonds. The maximum absolute atomic E-state index is 11.3. The van der Waals surface area contributed by atoms with Gasteiger partial charge in [-0.15, -0.1) is 5.10 Å². The van der Waals surface area contributed by atoms with E-state index in [1.54, 1.807) is 31.3 Å². The van der Waals surface area contributed by atoms with Gasteiger partial charge < -0.3 is 5.11 Å². The molecule has 0 aliphatic rings. The second kappa shape index (κ2) is 4.27. The van der Waals surface area contributed by atoms with Gasteiger partial charge >= 0.3 is 0 Å². The van der Waals surface area contributed by atoms with Crippen LogP contribution in [-0.4, -0.2) is 28.1 Å². The van der Waals surface area contributed by atoms with Crippen LogP contribution in [0.3, 0.4) is 0 Å². The topological polar surface area (TPSA) is 111 Å². The number of nitrogens with two attached hydrogens (primary N) is 1. The van der Waals surface area contributed by atoms with Crippen LogP contribution in [0, 0.1) is 6.92 Å². The van der Waals surface area contributed by atoms with Crippen molar-refractivity contribution in [2.75, 3.05) is 0 Å². The number of phenolic OH excluding ortho intramolecular Hbond substituents is 1. The fourth-order valence-electron chi connectivity index (χ4n) is 1.80. The van der Waals surface area contributed by atoms with Crippen LogP contribution in [0.2, 0.25) is 0 Å². The number of aromatic hydroxyl groups is 1. The van der Waals surface area contributed by atoms with Crippen LogP contribution < -0.4 is 5.14 Å². The lowest BCUT2D eigenvalue weighted by Gasteiger charge is -2.02. The molecule has 2 heterocycles. The number of nitrogens with zero attached hydrogens (tertiary/aromatic N) is 3. The van der Waals surface area contributed by atoms with Crippen LogP contribution in [0.15, 0.2) is 28.7 Å². The molecule has 0 aliphatic heterocycles. The Bertz CT molecular complexity index is 911. The summed E-state index contributed by atoms with van der Waals surface area (Å²) in [6.45, 7) is 1.77. The van der Waals surface area contributed by atoms with Crippen LogP contribution in [0.1, 0.15) is 5.56 Å². The van der Waals surface area contributed by atoms with Crippen molar-refractivity contribution >= 4 is 26.3 Å². The van der Waals surface area contributed by atoms with Crippen molar-refractivity contribution in [1.82, 2.24) is 14.6 Å². The zero-order valence-corrected chi connectivity index (χ0v) is 11.9. The summed E-state index contributed by atoms with van der Waals surface area (Å²) < 4.78 is 23.8. The molecule has 2 aromatic heterocycles. The SMILES string of the molecule is Cc1cc(-c2cnc3sc(S(N)(=O)=O)nn23)ccc1O. The van der Waals surface area contributed by atoms with E-state index < -0.39 is 10.0 Å². The van der Waals surface area contributed by atoms with E-state index in [0.717, 1.165) is 16.9 Å². The molecule has 3 rings (SSSR count). The molecule has 0 atom stereocenters. The summed E-state index contributed by atoms with van der Waals surface area (Å²) in [6.07, 6.45) is 1.59. The third-order valence-corrected chi connectivity index (χ3v) is 5.04. The Morgan fingerprint density at radius 3 is 2.80 bits per heavy atom. The van der Waals surface area contributed by atoms with Crippen molar-refractivity contribution in [2.45, 2.75) is 11.3 Å². The van der Waals surface area contributed by atoms with Crippen LogP contribution in [0.4, 0.5) is 0 Å². The van der Waals surface area contributed by atoms with Gasteiger partial charge in [-0.2, -0.15) is 0 Å². The molecule has 0 spiro atoms. The van der Waals surface area contributed by atoms with Gasteiger partial charge in [-0.25, -0.2) is 23.1 Å². The van der Waals surface area contributed by atoms with E-state index in [1.807, 2.05) is 0 Å². The van der Waals surface area contributed by atoms with Gasteiger partial charge in [0.05, 0.1) is 11.9 Å². The average molecular weight is 310 g/mol. The average Bonchev–Trinajstić information content (AvgIpc) is 2.91. The fraction of sp³-hybridized carbons (Fsp3) is 0.0909. The molecule has 0 unspecified atom stereocenters. The first-order valence-corrected chi connectivity index (χ1v) is 7.90.